The molecule has 3 rings (SSSR count). The number of thiocarbonyl (C=S) groups is 1. The molecular weight excluding hydrogens is 394 g/mol. The number of hydrogen-bond acceptors (Lipinski definition) is 6. The number of nitrogens with one attached hydrogen (secondary N) is 2. The average Bonchev–Trinajstić information content (AvgIpc) is 3.06. The molecule has 0 atom stereocenters. The van der Waals surface area contributed by atoms with Crippen molar-refractivity contribution in [3.63, 3.8) is 0 Å². The van der Waals surface area contributed by atoms with Gasteiger partial charge >= 0.3 is 0 Å². The van der Waals surface area contributed by atoms with E-state index in [9.17, 15) is 4.79 Å². The van der Waals surface area contributed by atoms with E-state index in [4.69, 9.17) is 17.0 Å². The van der Waals surface area contributed by atoms with Crippen molar-refractivity contribution in [2.75, 3.05) is 11.7 Å². The molecule has 9 heteroatoms. The summed E-state index contributed by atoms with van der Waals surface area (Å²) in [5.41, 5.74) is 4.41. The fourth-order valence-corrected chi connectivity index (χ4v) is 3.04. The second-order valence-corrected chi connectivity index (χ2v) is 6.95. The van der Waals surface area contributed by atoms with E-state index < -0.39 is 0 Å². The number of thioether (sulfide) groups is 1. The van der Waals surface area contributed by atoms with Crippen molar-refractivity contribution in [2.24, 2.45) is 0 Å². The molecule has 7 nitrogen and oxygen atoms in total. The minimum atomic E-state index is -0.334. The maximum absolute atomic E-state index is 12.5. The number of nitrogens with zero attached hydrogens (tertiary/aromatic N) is 3. The van der Waals surface area contributed by atoms with Gasteiger partial charge in [0, 0.05) is 5.56 Å². The van der Waals surface area contributed by atoms with Crippen LogP contribution in [0.3, 0.4) is 0 Å². The maximum Gasteiger partial charge on any atom is 0.257 e. The topological polar surface area (TPSA) is 81.1 Å². The second kappa shape index (κ2) is 9.34. The quantitative estimate of drug-likeness (QED) is 0.475. The summed E-state index contributed by atoms with van der Waals surface area (Å²) in [6, 6.07) is 16.8. The van der Waals surface area contributed by atoms with Gasteiger partial charge in [-0.1, -0.05) is 48.2 Å². The highest BCUT2D eigenvalue weighted by molar-refractivity contribution is 7.98. The van der Waals surface area contributed by atoms with E-state index in [2.05, 4.69) is 20.9 Å². The van der Waals surface area contributed by atoms with E-state index in [0.717, 1.165) is 5.56 Å². The Morgan fingerprint density at radius 2 is 1.96 bits per heavy atom. The zero-order valence-corrected chi connectivity index (χ0v) is 17.0. The Hall–Kier alpha value is -2.91. The first-order valence-electron chi connectivity index (χ1n) is 8.42. The Balaban J connectivity index is 1.61. The Bertz CT molecular complexity index is 975. The number of amides is 1. The van der Waals surface area contributed by atoms with E-state index >= 15 is 0 Å². The summed E-state index contributed by atoms with van der Waals surface area (Å²) in [5.74, 6) is 0.908. The third kappa shape index (κ3) is 5.08. The van der Waals surface area contributed by atoms with E-state index in [0.29, 0.717) is 28.9 Å². The van der Waals surface area contributed by atoms with Gasteiger partial charge in [-0.2, -0.15) is 0 Å². The monoisotopic (exact) mass is 413 g/mol. The van der Waals surface area contributed by atoms with Gasteiger partial charge in [-0.3, -0.25) is 15.5 Å². The first kappa shape index (κ1) is 19.8. The average molecular weight is 414 g/mol. The fraction of sp³-hybridized carbons (Fsp3) is 0.158. The molecule has 3 aromatic rings. The lowest BCUT2D eigenvalue weighted by atomic mass is 10.2. The summed E-state index contributed by atoms with van der Waals surface area (Å²) in [7, 11) is 0. The third-order valence-electron chi connectivity index (χ3n) is 3.76. The van der Waals surface area contributed by atoms with Crippen molar-refractivity contribution in [1.29, 1.82) is 0 Å². The van der Waals surface area contributed by atoms with Crippen molar-refractivity contribution in [2.45, 2.75) is 18.7 Å². The molecule has 2 N–H and O–H groups in total. The Morgan fingerprint density at radius 1 is 1.18 bits per heavy atom. The van der Waals surface area contributed by atoms with Crippen molar-refractivity contribution < 1.29 is 9.53 Å². The highest BCUT2D eigenvalue weighted by Gasteiger charge is 2.12. The molecule has 0 fully saturated rings. The van der Waals surface area contributed by atoms with Gasteiger partial charge in [0.05, 0.1) is 0 Å². The van der Waals surface area contributed by atoms with Gasteiger partial charge in [0.2, 0.25) is 5.16 Å². The first-order chi connectivity index (χ1) is 13.6. The fourth-order valence-electron chi connectivity index (χ4n) is 2.38. The third-order valence-corrected chi connectivity index (χ3v) is 4.59. The molecule has 0 spiro atoms. The Morgan fingerprint density at radius 3 is 2.71 bits per heavy atom. The SMILES string of the molecule is CSc1nnc(C)n1NC(=S)NC(=O)c1cccc(OCc2ccccc2)c1. The molecule has 0 aliphatic heterocycles. The largest absolute Gasteiger partial charge is 0.489 e. The van der Waals surface area contributed by atoms with Gasteiger partial charge in [0.1, 0.15) is 18.2 Å². The van der Waals surface area contributed by atoms with Crippen LogP contribution in [0.4, 0.5) is 0 Å². The van der Waals surface area contributed by atoms with E-state index in [1.54, 1.807) is 29.8 Å². The van der Waals surface area contributed by atoms with Crippen LogP contribution in [0.5, 0.6) is 5.75 Å². The number of carbonyl (C=O) groups is 1. The van der Waals surface area contributed by atoms with Crippen LogP contribution >= 0.6 is 24.0 Å². The van der Waals surface area contributed by atoms with Crippen LogP contribution in [-0.4, -0.2) is 32.1 Å². The van der Waals surface area contributed by atoms with Gasteiger partial charge in [-0.15, -0.1) is 10.2 Å². The highest BCUT2D eigenvalue weighted by atomic mass is 32.2. The maximum atomic E-state index is 12.5. The van der Waals surface area contributed by atoms with Crippen molar-refractivity contribution in [3.8, 4) is 5.75 Å². The van der Waals surface area contributed by atoms with Crippen LogP contribution in [0.25, 0.3) is 0 Å². The predicted molar refractivity (Wildman–Crippen MR) is 113 cm³/mol. The molecule has 0 saturated heterocycles. The summed E-state index contributed by atoms with van der Waals surface area (Å²) in [5, 5.41) is 11.4. The zero-order valence-electron chi connectivity index (χ0n) is 15.4. The zero-order chi connectivity index (χ0) is 19.9. The molecule has 1 aromatic heterocycles. The number of rotatable bonds is 6. The summed E-state index contributed by atoms with van der Waals surface area (Å²) in [6.07, 6.45) is 1.88. The minimum Gasteiger partial charge on any atom is -0.489 e. The van der Waals surface area contributed by atoms with Gasteiger partial charge in [-0.25, -0.2) is 4.68 Å². The molecule has 0 saturated carbocycles. The molecule has 144 valence electrons. The van der Waals surface area contributed by atoms with Crippen molar-refractivity contribution >= 4 is 35.0 Å². The summed E-state index contributed by atoms with van der Waals surface area (Å²) in [4.78, 5) is 12.5. The number of carbonyl (C=O) groups excluding carboxylic acids is 1. The van der Waals surface area contributed by atoms with Crippen LogP contribution in [0.2, 0.25) is 0 Å². The molecule has 0 bridgehead atoms. The Labute approximate surface area is 172 Å². The van der Waals surface area contributed by atoms with Crippen LogP contribution in [0, 0.1) is 6.92 Å². The molecule has 2 aromatic carbocycles. The van der Waals surface area contributed by atoms with E-state index in [1.807, 2.05) is 42.7 Å². The van der Waals surface area contributed by atoms with Crippen LogP contribution in [0.1, 0.15) is 21.7 Å². The lowest BCUT2D eigenvalue weighted by Gasteiger charge is -2.13. The van der Waals surface area contributed by atoms with Crippen molar-refractivity contribution in [3.05, 3.63) is 71.5 Å². The molecule has 28 heavy (non-hydrogen) atoms. The smallest absolute Gasteiger partial charge is 0.257 e. The number of ether oxygens (including phenoxy) is 1. The first-order valence-corrected chi connectivity index (χ1v) is 10.1. The van der Waals surface area contributed by atoms with Crippen LogP contribution in [0.15, 0.2) is 59.8 Å². The molecule has 0 aliphatic rings. The molecule has 0 unspecified atom stereocenters. The summed E-state index contributed by atoms with van der Waals surface area (Å²) >= 11 is 6.65. The number of benzene rings is 2. The van der Waals surface area contributed by atoms with Gasteiger partial charge in [0.15, 0.2) is 5.11 Å². The summed E-state index contributed by atoms with van der Waals surface area (Å²) in [6.45, 7) is 2.22. The lowest BCUT2D eigenvalue weighted by Crippen LogP contribution is -2.38. The molecular formula is C19H19N5O2S2. The van der Waals surface area contributed by atoms with Crippen molar-refractivity contribution in [1.82, 2.24) is 20.2 Å². The molecule has 1 heterocycles. The van der Waals surface area contributed by atoms with Gasteiger partial charge < -0.3 is 4.74 Å². The van der Waals surface area contributed by atoms with Crippen LogP contribution < -0.4 is 15.5 Å². The number of hydrogen-bond donors (Lipinski definition) is 2. The molecule has 0 aliphatic carbocycles. The van der Waals surface area contributed by atoms with Crippen LogP contribution in [-0.2, 0) is 6.61 Å². The Kier molecular flexibility index (Phi) is 6.62. The minimum absolute atomic E-state index is 0.152. The van der Waals surface area contributed by atoms with Gasteiger partial charge in [-0.05, 0) is 49.2 Å². The van der Waals surface area contributed by atoms with E-state index in [-0.39, 0.29) is 11.0 Å². The normalized spacial score (nSPS) is 10.4. The number of aromatic nitrogens is 3. The second-order valence-electron chi connectivity index (χ2n) is 5.77. The predicted octanol–water partition coefficient (Wildman–Crippen LogP) is 3.15. The number of aryl methyl sites for hydroxylation is 1. The van der Waals surface area contributed by atoms with E-state index in [1.165, 1.54) is 11.8 Å². The molecule has 1 amide bonds. The highest BCUT2D eigenvalue weighted by Crippen LogP contribution is 2.15. The molecule has 0 radical (unpaired) electrons. The standard InChI is InChI=1S/C19H19N5O2S2/c1-13-21-22-19(28-2)24(13)23-18(27)20-17(25)15-9-6-10-16(11-15)26-12-14-7-4-3-5-8-14/h3-11H,12H2,1-2H3,(H2,20,23,25,27). The van der Waals surface area contributed by atoms with Gasteiger partial charge in [0.25, 0.3) is 5.91 Å². The summed E-state index contributed by atoms with van der Waals surface area (Å²) < 4.78 is 7.38. The lowest BCUT2D eigenvalue weighted by molar-refractivity contribution is 0.0977.